The molecule has 1 aliphatic heterocycles. The molecule has 1 unspecified atom stereocenters. The average molecular weight is 470 g/mol. The van der Waals surface area contributed by atoms with Gasteiger partial charge in [-0.15, -0.1) is 0 Å². The van der Waals surface area contributed by atoms with E-state index in [9.17, 15) is 18.0 Å². The molecule has 0 aliphatic carbocycles. The first-order valence-electron chi connectivity index (χ1n) is 10.9. The van der Waals surface area contributed by atoms with E-state index in [1.165, 1.54) is 22.5 Å². The first-order chi connectivity index (χ1) is 15.8. The normalized spacial score (nSPS) is 17.1. The number of amides is 1. The highest BCUT2D eigenvalue weighted by atomic mass is 32.2. The molecule has 8 nitrogen and oxygen atoms in total. The number of aromatic amines is 1. The van der Waals surface area contributed by atoms with Crippen LogP contribution in [0.4, 0.5) is 0 Å². The summed E-state index contributed by atoms with van der Waals surface area (Å²) in [6, 6.07) is 12.9. The molecule has 0 saturated carbocycles. The third-order valence-corrected chi connectivity index (χ3v) is 8.03. The largest absolute Gasteiger partial charge is 0.497 e. The van der Waals surface area contributed by atoms with E-state index in [0.29, 0.717) is 23.2 Å². The Labute approximate surface area is 192 Å². The van der Waals surface area contributed by atoms with Gasteiger partial charge in [-0.3, -0.25) is 9.59 Å². The molecule has 0 bridgehead atoms. The maximum atomic E-state index is 13.3. The Balaban J connectivity index is 1.66. The first-order valence-corrected chi connectivity index (χ1v) is 12.3. The van der Waals surface area contributed by atoms with Gasteiger partial charge >= 0.3 is 0 Å². The second-order valence-electron chi connectivity index (χ2n) is 8.25. The molecule has 2 N–H and O–H groups in total. The summed E-state index contributed by atoms with van der Waals surface area (Å²) in [5.74, 6) is 0.255. The summed E-state index contributed by atoms with van der Waals surface area (Å²) in [4.78, 5) is 27.9. The monoisotopic (exact) mass is 469 g/mol. The number of aromatic nitrogens is 1. The van der Waals surface area contributed by atoms with Gasteiger partial charge in [0.1, 0.15) is 5.75 Å². The summed E-state index contributed by atoms with van der Waals surface area (Å²) in [6.45, 7) is 2.63. The van der Waals surface area contributed by atoms with Gasteiger partial charge in [0.2, 0.25) is 15.6 Å². The van der Waals surface area contributed by atoms with E-state index in [4.69, 9.17) is 4.74 Å². The number of nitrogens with one attached hydrogen (secondary N) is 2. The van der Waals surface area contributed by atoms with Crippen LogP contribution in [0.3, 0.4) is 0 Å². The van der Waals surface area contributed by atoms with Crippen molar-refractivity contribution in [3.8, 4) is 5.75 Å². The molecule has 0 radical (unpaired) electrons. The standard InChI is InChI=1S/C24H27N3O5S/c1-16-5-3-4-12-27(16)33(30,31)19-10-11-22-20(13-19)21(14-23(28)26-22)24(29)25-15-17-6-8-18(32-2)9-7-17/h6-11,13-14,16H,3-5,12,15H2,1-2H3,(H,25,29)(H,26,28). The van der Waals surface area contributed by atoms with Crippen molar-refractivity contribution < 1.29 is 17.9 Å². The van der Waals surface area contributed by atoms with Crippen molar-refractivity contribution in [3.05, 3.63) is 70.0 Å². The number of fused-ring (bicyclic) bond motifs is 1. The Morgan fingerprint density at radius 3 is 2.61 bits per heavy atom. The molecule has 1 fully saturated rings. The lowest BCUT2D eigenvalue weighted by atomic mass is 10.1. The number of piperidine rings is 1. The molecule has 0 spiro atoms. The highest BCUT2D eigenvalue weighted by molar-refractivity contribution is 7.89. The number of ether oxygens (including phenoxy) is 1. The molecule has 1 aliphatic rings. The van der Waals surface area contributed by atoms with Crippen LogP contribution in [0.2, 0.25) is 0 Å². The molecule has 9 heteroatoms. The van der Waals surface area contributed by atoms with E-state index in [1.807, 2.05) is 19.1 Å². The van der Waals surface area contributed by atoms with E-state index in [1.54, 1.807) is 25.3 Å². The van der Waals surface area contributed by atoms with Gasteiger partial charge in [0, 0.05) is 36.1 Å². The quantitative estimate of drug-likeness (QED) is 0.577. The van der Waals surface area contributed by atoms with Crippen LogP contribution in [0, 0.1) is 0 Å². The predicted octanol–water partition coefficient (Wildman–Crippen LogP) is 3.03. The molecule has 4 rings (SSSR count). The van der Waals surface area contributed by atoms with E-state index in [-0.39, 0.29) is 23.0 Å². The van der Waals surface area contributed by atoms with Gasteiger partial charge in [-0.1, -0.05) is 18.6 Å². The van der Waals surface area contributed by atoms with Crippen LogP contribution in [-0.2, 0) is 16.6 Å². The molecular weight excluding hydrogens is 442 g/mol. The molecule has 2 heterocycles. The maximum Gasteiger partial charge on any atom is 0.252 e. The Hall–Kier alpha value is -3.17. The van der Waals surface area contributed by atoms with Crippen LogP contribution in [0.25, 0.3) is 10.9 Å². The van der Waals surface area contributed by atoms with E-state index in [2.05, 4.69) is 10.3 Å². The number of rotatable bonds is 6. The topological polar surface area (TPSA) is 109 Å². The van der Waals surface area contributed by atoms with Crippen LogP contribution in [0.5, 0.6) is 5.75 Å². The fourth-order valence-corrected chi connectivity index (χ4v) is 5.89. The first kappa shape index (κ1) is 23.0. The molecule has 1 saturated heterocycles. The number of nitrogens with zero attached hydrogens (tertiary/aromatic N) is 1. The number of hydrogen-bond donors (Lipinski definition) is 2. The highest BCUT2D eigenvalue weighted by Crippen LogP contribution is 2.27. The fraction of sp³-hybridized carbons (Fsp3) is 0.333. The predicted molar refractivity (Wildman–Crippen MR) is 126 cm³/mol. The van der Waals surface area contributed by atoms with Gasteiger partial charge < -0.3 is 15.0 Å². The third-order valence-electron chi connectivity index (χ3n) is 6.02. The summed E-state index contributed by atoms with van der Waals surface area (Å²) in [6.07, 6.45) is 2.65. The number of pyridine rings is 1. The SMILES string of the molecule is COc1ccc(CNC(=O)c2cc(=O)[nH]c3ccc(S(=O)(=O)N4CCCCC4C)cc23)cc1. The van der Waals surface area contributed by atoms with Crippen LogP contribution >= 0.6 is 0 Å². The zero-order valence-corrected chi connectivity index (χ0v) is 19.4. The maximum absolute atomic E-state index is 13.3. The van der Waals surface area contributed by atoms with Crippen molar-refractivity contribution in [2.75, 3.05) is 13.7 Å². The molecule has 1 atom stereocenters. The summed E-state index contributed by atoms with van der Waals surface area (Å²) in [7, 11) is -2.14. The Bertz CT molecular complexity index is 1330. The van der Waals surface area contributed by atoms with Crippen LogP contribution in [0.1, 0.15) is 42.1 Å². The van der Waals surface area contributed by atoms with Crippen molar-refractivity contribution in [2.24, 2.45) is 0 Å². The molecule has 33 heavy (non-hydrogen) atoms. The van der Waals surface area contributed by atoms with Gasteiger partial charge in [-0.2, -0.15) is 4.31 Å². The molecule has 3 aromatic rings. The second-order valence-corrected chi connectivity index (χ2v) is 10.1. The summed E-state index contributed by atoms with van der Waals surface area (Å²) >= 11 is 0. The smallest absolute Gasteiger partial charge is 0.252 e. The number of carbonyl (C=O) groups excluding carboxylic acids is 1. The van der Waals surface area contributed by atoms with Crippen molar-refractivity contribution >= 4 is 26.8 Å². The van der Waals surface area contributed by atoms with Crippen molar-refractivity contribution in [1.82, 2.24) is 14.6 Å². The summed E-state index contributed by atoms with van der Waals surface area (Å²) < 4.78 is 33.2. The summed E-state index contributed by atoms with van der Waals surface area (Å²) in [5.41, 5.74) is 0.965. The minimum Gasteiger partial charge on any atom is -0.497 e. The zero-order chi connectivity index (χ0) is 23.6. The lowest BCUT2D eigenvalue weighted by Gasteiger charge is -2.32. The van der Waals surface area contributed by atoms with Gasteiger partial charge in [0.15, 0.2) is 0 Å². The fourth-order valence-electron chi connectivity index (χ4n) is 4.17. The minimum absolute atomic E-state index is 0.0812. The number of benzene rings is 2. The lowest BCUT2D eigenvalue weighted by molar-refractivity contribution is 0.0952. The number of sulfonamides is 1. The number of carbonyl (C=O) groups is 1. The van der Waals surface area contributed by atoms with Gasteiger partial charge in [0.05, 0.1) is 17.6 Å². The van der Waals surface area contributed by atoms with Gasteiger partial charge in [-0.25, -0.2) is 8.42 Å². The molecular formula is C24H27N3O5S. The zero-order valence-electron chi connectivity index (χ0n) is 18.6. The molecule has 1 amide bonds. The minimum atomic E-state index is -3.72. The highest BCUT2D eigenvalue weighted by Gasteiger charge is 2.31. The number of H-pyrrole nitrogens is 1. The van der Waals surface area contributed by atoms with Gasteiger partial charge in [0.25, 0.3) is 5.91 Å². The number of methoxy groups -OCH3 is 1. The van der Waals surface area contributed by atoms with Crippen molar-refractivity contribution in [1.29, 1.82) is 0 Å². The van der Waals surface area contributed by atoms with E-state index < -0.39 is 21.5 Å². The average Bonchev–Trinajstić information content (AvgIpc) is 2.82. The van der Waals surface area contributed by atoms with Crippen LogP contribution in [-0.4, -0.2) is 43.3 Å². The van der Waals surface area contributed by atoms with Crippen LogP contribution < -0.4 is 15.6 Å². The second kappa shape index (κ2) is 9.36. The van der Waals surface area contributed by atoms with Crippen LogP contribution in [0.15, 0.2) is 58.2 Å². The van der Waals surface area contributed by atoms with Crippen molar-refractivity contribution in [3.63, 3.8) is 0 Å². The lowest BCUT2D eigenvalue weighted by Crippen LogP contribution is -2.41. The molecule has 2 aromatic carbocycles. The van der Waals surface area contributed by atoms with Crippen molar-refractivity contribution in [2.45, 2.75) is 43.7 Å². The molecule has 1 aromatic heterocycles. The van der Waals surface area contributed by atoms with E-state index >= 15 is 0 Å². The summed E-state index contributed by atoms with van der Waals surface area (Å²) in [5, 5.41) is 3.19. The Morgan fingerprint density at radius 2 is 1.91 bits per heavy atom. The number of hydrogen-bond acceptors (Lipinski definition) is 5. The van der Waals surface area contributed by atoms with Gasteiger partial charge in [-0.05, 0) is 55.7 Å². The molecule has 174 valence electrons. The third kappa shape index (κ3) is 4.79. The Kier molecular flexibility index (Phi) is 6.53. The Morgan fingerprint density at radius 1 is 1.15 bits per heavy atom. The van der Waals surface area contributed by atoms with E-state index in [0.717, 1.165) is 24.8 Å².